The van der Waals surface area contributed by atoms with Crippen LogP contribution in [-0.4, -0.2) is 41.0 Å². The van der Waals surface area contributed by atoms with Crippen molar-refractivity contribution in [2.45, 2.75) is 32.7 Å². The van der Waals surface area contributed by atoms with E-state index >= 15 is 0 Å². The summed E-state index contributed by atoms with van der Waals surface area (Å²) in [5.74, 6) is -1.48. The second-order valence-corrected chi connectivity index (χ2v) is 6.80. The summed E-state index contributed by atoms with van der Waals surface area (Å²) in [6, 6.07) is 6.24. The maximum Gasteiger partial charge on any atom is 0.312 e. The van der Waals surface area contributed by atoms with E-state index in [9.17, 15) is 19.5 Å². The van der Waals surface area contributed by atoms with Crippen LogP contribution in [0.15, 0.2) is 24.3 Å². The van der Waals surface area contributed by atoms with Crippen molar-refractivity contribution in [1.29, 1.82) is 0 Å². The van der Waals surface area contributed by atoms with Gasteiger partial charge in [0.25, 0.3) is 0 Å². The molecule has 1 saturated heterocycles. The highest BCUT2D eigenvalue weighted by atomic mass is 16.4. The van der Waals surface area contributed by atoms with E-state index in [1.807, 2.05) is 38.1 Å². The second-order valence-electron chi connectivity index (χ2n) is 6.80. The Labute approximate surface area is 147 Å². The first-order valence-electron chi connectivity index (χ1n) is 8.40. The number of nitrogens with two attached hydrogens (primary N) is 1. The first-order chi connectivity index (χ1) is 11.8. The molecule has 3 atom stereocenters. The molecule has 4 N–H and O–H groups in total. The molecule has 0 bridgehead atoms. The number of piperidine rings is 1. The fourth-order valence-electron chi connectivity index (χ4n) is 3.43. The summed E-state index contributed by atoms with van der Waals surface area (Å²) < 4.78 is 0. The number of hydrogen-bond donors (Lipinski definition) is 3. The number of carboxylic acid groups (broad SMARTS) is 1. The fourth-order valence-corrected chi connectivity index (χ4v) is 3.43. The predicted octanol–water partition coefficient (Wildman–Crippen LogP) is 1.66. The molecule has 1 aromatic rings. The predicted molar refractivity (Wildman–Crippen MR) is 92.7 cm³/mol. The number of urea groups is 1. The molecule has 136 valence electrons. The minimum absolute atomic E-state index is 0.0485. The van der Waals surface area contributed by atoms with Crippen molar-refractivity contribution in [3.63, 3.8) is 0 Å². The van der Waals surface area contributed by atoms with Gasteiger partial charge in [-0.05, 0) is 30.4 Å². The van der Waals surface area contributed by atoms with Crippen LogP contribution in [0, 0.1) is 18.8 Å². The minimum atomic E-state index is -0.880. The molecular weight excluding hydrogens is 322 g/mol. The van der Waals surface area contributed by atoms with E-state index in [1.165, 1.54) is 0 Å². The number of aliphatic carboxylic acids is 1. The molecule has 3 amide bonds. The average Bonchev–Trinajstić information content (AvgIpc) is 2.53. The molecule has 0 aromatic heterocycles. The van der Waals surface area contributed by atoms with Crippen molar-refractivity contribution < 1.29 is 19.5 Å². The number of carboxylic acids is 1. The molecule has 0 radical (unpaired) electrons. The van der Waals surface area contributed by atoms with Gasteiger partial charge >= 0.3 is 12.0 Å². The van der Waals surface area contributed by atoms with Gasteiger partial charge in [-0.2, -0.15) is 0 Å². The first kappa shape index (κ1) is 18.8. The highest BCUT2D eigenvalue weighted by Gasteiger charge is 2.33. The van der Waals surface area contributed by atoms with Crippen LogP contribution in [0.1, 0.15) is 36.9 Å². The SMILES string of the molecule is Cc1ccccc1C(CC(=O)N1CC(C)CC(C(=O)O)C1)NC(N)=O. The van der Waals surface area contributed by atoms with Crippen LogP contribution in [-0.2, 0) is 9.59 Å². The summed E-state index contributed by atoms with van der Waals surface area (Å²) in [7, 11) is 0. The van der Waals surface area contributed by atoms with Gasteiger partial charge < -0.3 is 21.1 Å². The standard InChI is InChI=1S/C18H25N3O4/c1-11-7-13(17(23)24)10-21(9-11)16(22)8-15(20-18(19)25)14-6-4-3-5-12(14)2/h3-6,11,13,15H,7-10H2,1-2H3,(H,23,24)(H3,19,20,25). The maximum atomic E-state index is 12.7. The number of amides is 3. The molecule has 0 spiro atoms. The maximum absolute atomic E-state index is 12.7. The lowest BCUT2D eigenvalue weighted by Crippen LogP contribution is -2.47. The largest absolute Gasteiger partial charge is 0.481 e. The molecule has 1 fully saturated rings. The van der Waals surface area contributed by atoms with E-state index in [4.69, 9.17) is 5.73 Å². The van der Waals surface area contributed by atoms with Crippen molar-refractivity contribution in [3.05, 3.63) is 35.4 Å². The number of nitrogens with zero attached hydrogens (tertiary/aromatic N) is 1. The van der Waals surface area contributed by atoms with E-state index in [1.54, 1.807) is 4.90 Å². The number of aryl methyl sites for hydroxylation is 1. The Kier molecular flexibility index (Phi) is 6.01. The summed E-state index contributed by atoms with van der Waals surface area (Å²) in [6.07, 6.45) is 0.618. The number of carbonyl (C=O) groups is 3. The summed E-state index contributed by atoms with van der Waals surface area (Å²) in [6.45, 7) is 4.57. The molecule has 2 rings (SSSR count). The quantitative estimate of drug-likeness (QED) is 0.752. The number of likely N-dealkylation sites (tertiary alicyclic amines) is 1. The van der Waals surface area contributed by atoms with Crippen molar-refractivity contribution >= 4 is 17.9 Å². The van der Waals surface area contributed by atoms with Crippen LogP contribution in [0.25, 0.3) is 0 Å². The van der Waals surface area contributed by atoms with Gasteiger partial charge in [-0.3, -0.25) is 9.59 Å². The number of rotatable bonds is 5. The van der Waals surface area contributed by atoms with Gasteiger partial charge in [0, 0.05) is 13.1 Å². The Morgan fingerprint density at radius 3 is 2.60 bits per heavy atom. The zero-order valence-corrected chi connectivity index (χ0v) is 14.6. The molecule has 3 unspecified atom stereocenters. The Balaban J connectivity index is 2.15. The normalized spacial score (nSPS) is 21.4. The van der Waals surface area contributed by atoms with Gasteiger partial charge in [0.15, 0.2) is 0 Å². The number of nitrogens with one attached hydrogen (secondary N) is 1. The Bertz CT molecular complexity index is 661. The highest BCUT2D eigenvalue weighted by Crippen LogP contribution is 2.26. The molecule has 1 aliphatic rings. The van der Waals surface area contributed by atoms with Crippen LogP contribution in [0.3, 0.4) is 0 Å². The van der Waals surface area contributed by atoms with Crippen LogP contribution in [0.5, 0.6) is 0 Å². The van der Waals surface area contributed by atoms with Crippen molar-refractivity contribution in [2.24, 2.45) is 17.6 Å². The molecule has 7 nitrogen and oxygen atoms in total. The van der Waals surface area contributed by atoms with Gasteiger partial charge in [-0.25, -0.2) is 4.79 Å². The Morgan fingerprint density at radius 2 is 2.00 bits per heavy atom. The smallest absolute Gasteiger partial charge is 0.312 e. The van der Waals surface area contributed by atoms with E-state index in [-0.39, 0.29) is 24.8 Å². The Hall–Kier alpha value is -2.57. The molecule has 0 aliphatic carbocycles. The van der Waals surface area contributed by atoms with E-state index in [0.29, 0.717) is 13.0 Å². The monoisotopic (exact) mass is 347 g/mol. The third kappa shape index (κ3) is 4.95. The fraction of sp³-hybridized carbons (Fsp3) is 0.500. The minimum Gasteiger partial charge on any atom is -0.481 e. The van der Waals surface area contributed by atoms with E-state index in [2.05, 4.69) is 5.32 Å². The average molecular weight is 347 g/mol. The molecule has 0 saturated carbocycles. The summed E-state index contributed by atoms with van der Waals surface area (Å²) >= 11 is 0. The molecule has 1 heterocycles. The second kappa shape index (κ2) is 8.00. The van der Waals surface area contributed by atoms with Crippen molar-refractivity contribution in [1.82, 2.24) is 10.2 Å². The van der Waals surface area contributed by atoms with Gasteiger partial charge in [-0.15, -0.1) is 0 Å². The lowest BCUT2D eigenvalue weighted by atomic mass is 9.90. The van der Waals surface area contributed by atoms with Gasteiger partial charge in [0.1, 0.15) is 0 Å². The number of carbonyl (C=O) groups excluding carboxylic acids is 2. The summed E-state index contributed by atoms with van der Waals surface area (Å²) in [5.41, 5.74) is 7.04. The zero-order valence-electron chi connectivity index (χ0n) is 14.6. The van der Waals surface area contributed by atoms with Crippen LogP contribution < -0.4 is 11.1 Å². The first-order valence-corrected chi connectivity index (χ1v) is 8.40. The molecular formula is C18H25N3O4. The Morgan fingerprint density at radius 1 is 1.32 bits per heavy atom. The van der Waals surface area contributed by atoms with Gasteiger partial charge in [0.2, 0.25) is 5.91 Å². The van der Waals surface area contributed by atoms with Crippen molar-refractivity contribution in [3.8, 4) is 0 Å². The topological polar surface area (TPSA) is 113 Å². The third-order valence-electron chi connectivity index (χ3n) is 4.62. The molecule has 1 aromatic carbocycles. The van der Waals surface area contributed by atoms with Gasteiger partial charge in [-0.1, -0.05) is 31.2 Å². The molecule has 1 aliphatic heterocycles. The third-order valence-corrected chi connectivity index (χ3v) is 4.62. The van der Waals surface area contributed by atoms with Crippen LogP contribution in [0.4, 0.5) is 4.79 Å². The molecule has 7 heteroatoms. The van der Waals surface area contributed by atoms with Gasteiger partial charge in [0.05, 0.1) is 18.4 Å². The zero-order chi connectivity index (χ0) is 18.6. The summed E-state index contributed by atoms with van der Waals surface area (Å²) in [4.78, 5) is 37.0. The van der Waals surface area contributed by atoms with Crippen LogP contribution in [0.2, 0.25) is 0 Å². The van der Waals surface area contributed by atoms with E-state index in [0.717, 1.165) is 11.1 Å². The summed E-state index contributed by atoms with van der Waals surface area (Å²) in [5, 5.41) is 11.9. The lowest BCUT2D eigenvalue weighted by Gasteiger charge is -2.35. The lowest BCUT2D eigenvalue weighted by molar-refractivity contribution is -0.147. The number of benzene rings is 1. The van der Waals surface area contributed by atoms with Crippen LogP contribution >= 0.6 is 0 Å². The van der Waals surface area contributed by atoms with Crippen molar-refractivity contribution in [2.75, 3.05) is 13.1 Å². The molecule has 25 heavy (non-hydrogen) atoms. The number of primary amides is 1. The number of hydrogen-bond acceptors (Lipinski definition) is 3. The van der Waals surface area contributed by atoms with E-state index < -0.39 is 24.0 Å². The highest BCUT2D eigenvalue weighted by molar-refractivity contribution is 5.80.